The van der Waals surface area contributed by atoms with Crippen molar-refractivity contribution < 1.29 is 9.21 Å². The minimum Gasteiger partial charge on any atom is -0.469 e. The summed E-state index contributed by atoms with van der Waals surface area (Å²) in [7, 11) is 0. The van der Waals surface area contributed by atoms with Gasteiger partial charge in [-0.1, -0.05) is 15.9 Å². The molecule has 0 atom stereocenters. The van der Waals surface area contributed by atoms with Crippen molar-refractivity contribution >= 4 is 21.8 Å². The lowest BCUT2D eigenvalue weighted by molar-refractivity contribution is 0.0598. The summed E-state index contributed by atoms with van der Waals surface area (Å²) in [4.78, 5) is 14.3. The topological polar surface area (TPSA) is 33.5 Å². The van der Waals surface area contributed by atoms with Gasteiger partial charge in [0.25, 0.3) is 5.91 Å². The number of hydrogen-bond donors (Lipinski definition) is 0. The van der Waals surface area contributed by atoms with Crippen molar-refractivity contribution in [1.29, 1.82) is 0 Å². The Bertz CT molecular complexity index is 371. The van der Waals surface area contributed by atoms with Crippen LogP contribution in [0.25, 0.3) is 0 Å². The zero-order valence-corrected chi connectivity index (χ0v) is 11.0. The maximum atomic E-state index is 12.3. The standard InChI is InChI=1S/C12H16BrNO2/c1-9-11(5-8-16-9)12(15)14(7-6-13)10-3-2-4-10/h5,8,10H,2-4,6-7H2,1H3. The molecule has 1 fully saturated rings. The molecule has 4 heteroatoms. The molecule has 1 aromatic heterocycles. The average Bonchev–Trinajstić information content (AvgIpc) is 2.60. The Morgan fingerprint density at radius 3 is 2.81 bits per heavy atom. The molecule has 3 nitrogen and oxygen atoms in total. The summed E-state index contributed by atoms with van der Waals surface area (Å²) in [6, 6.07) is 2.19. The SMILES string of the molecule is Cc1occc1C(=O)N(CCBr)C1CCC1. The number of nitrogens with zero attached hydrogens (tertiary/aromatic N) is 1. The normalized spacial score (nSPS) is 15.9. The van der Waals surface area contributed by atoms with Crippen molar-refractivity contribution in [2.45, 2.75) is 32.2 Å². The van der Waals surface area contributed by atoms with E-state index in [2.05, 4.69) is 15.9 Å². The molecule has 1 aliphatic rings. The Balaban J connectivity index is 2.13. The fourth-order valence-corrected chi connectivity index (χ4v) is 2.38. The summed E-state index contributed by atoms with van der Waals surface area (Å²) in [5.74, 6) is 0.819. The van der Waals surface area contributed by atoms with Gasteiger partial charge in [-0.3, -0.25) is 4.79 Å². The molecule has 1 saturated carbocycles. The highest BCUT2D eigenvalue weighted by molar-refractivity contribution is 9.09. The maximum Gasteiger partial charge on any atom is 0.257 e. The Labute approximate surface area is 104 Å². The fourth-order valence-electron chi connectivity index (χ4n) is 2.00. The molecule has 0 unspecified atom stereocenters. The van der Waals surface area contributed by atoms with E-state index in [9.17, 15) is 4.79 Å². The monoisotopic (exact) mass is 285 g/mol. The second kappa shape index (κ2) is 5.04. The first-order valence-electron chi connectivity index (χ1n) is 5.65. The number of rotatable bonds is 4. The van der Waals surface area contributed by atoms with Gasteiger partial charge >= 0.3 is 0 Å². The zero-order valence-electron chi connectivity index (χ0n) is 9.41. The molecular formula is C12H16BrNO2. The van der Waals surface area contributed by atoms with E-state index < -0.39 is 0 Å². The number of carbonyl (C=O) groups is 1. The fraction of sp³-hybridized carbons (Fsp3) is 0.583. The Hall–Kier alpha value is -0.770. The molecule has 0 aromatic carbocycles. The van der Waals surface area contributed by atoms with Gasteiger partial charge in [-0.2, -0.15) is 0 Å². The van der Waals surface area contributed by atoms with E-state index in [0.29, 0.717) is 17.4 Å². The van der Waals surface area contributed by atoms with E-state index in [4.69, 9.17) is 4.42 Å². The molecule has 0 spiro atoms. The van der Waals surface area contributed by atoms with E-state index in [-0.39, 0.29) is 5.91 Å². The maximum absolute atomic E-state index is 12.3. The van der Waals surface area contributed by atoms with E-state index in [1.54, 1.807) is 12.3 Å². The first-order valence-corrected chi connectivity index (χ1v) is 6.77. The van der Waals surface area contributed by atoms with Crippen LogP contribution in [0.15, 0.2) is 16.7 Å². The number of amides is 1. The summed E-state index contributed by atoms with van der Waals surface area (Å²) in [5.41, 5.74) is 0.702. The molecule has 88 valence electrons. The molecule has 0 bridgehead atoms. The Kier molecular flexibility index (Phi) is 3.69. The minimum atomic E-state index is 0.107. The summed E-state index contributed by atoms with van der Waals surface area (Å²) >= 11 is 3.40. The molecule has 2 rings (SSSR count). The van der Waals surface area contributed by atoms with Crippen molar-refractivity contribution in [3.8, 4) is 0 Å². The van der Waals surface area contributed by atoms with Gasteiger partial charge in [0.15, 0.2) is 0 Å². The van der Waals surface area contributed by atoms with Crippen LogP contribution in [0.2, 0.25) is 0 Å². The van der Waals surface area contributed by atoms with Crippen LogP contribution in [-0.2, 0) is 0 Å². The first-order chi connectivity index (χ1) is 7.74. The number of halogens is 1. The molecule has 1 aliphatic carbocycles. The summed E-state index contributed by atoms with van der Waals surface area (Å²) < 4.78 is 5.19. The van der Waals surface area contributed by atoms with Crippen molar-refractivity contribution in [3.63, 3.8) is 0 Å². The van der Waals surface area contributed by atoms with Crippen LogP contribution in [-0.4, -0.2) is 28.7 Å². The lowest BCUT2D eigenvalue weighted by atomic mass is 9.91. The second-order valence-corrected chi connectivity index (χ2v) is 4.96. The van der Waals surface area contributed by atoms with Crippen molar-refractivity contribution in [3.05, 3.63) is 23.7 Å². The van der Waals surface area contributed by atoms with E-state index in [1.807, 2.05) is 11.8 Å². The van der Waals surface area contributed by atoms with Gasteiger partial charge in [-0.05, 0) is 32.3 Å². The first kappa shape index (κ1) is 11.7. The van der Waals surface area contributed by atoms with Crippen molar-refractivity contribution in [2.75, 3.05) is 11.9 Å². The lowest BCUT2D eigenvalue weighted by Crippen LogP contribution is -2.45. The largest absolute Gasteiger partial charge is 0.469 e. The van der Waals surface area contributed by atoms with Gasteiger partial charge in [0.05, 0.1) is 11.8 Å². The highest BCUT2D eigenvalue weighted by Gasteiger charge is 2.29. The van der Waals surface area contributed by atoms with E-state index >= 15 is 0 Å². The van der Waals surface area contributed by atoms with Crippen LogP contribution in [0.4, 0.5) is 0 Å². The molecule has 0 aliphatic heterocycles. The number of carbonyl (C=O) groups excluding carboxylic acids is 1. The third-order valence-electron chi connectivity index (χ3n) is 3.19. The van der Waals surface area contributed by atoms with Crippen LogP contribution in [0.3, 0.4) is 0 Å². The third-order valence-corrected chi connectivity index (χ3v) is 3.55. The van der Waals surface area contributed by atoms with Gasteiger partial charge in [-0.15, -0.1) is 0 Å². The lowest BCUT2D eigenvalue weighted by Gasteiger charge is -2.37. The Morgan fingerprint density at radius 2 is 2.38 bits per heavy atom. The van der Waals surface area contributed by atoms with Gasteiger partial charge in [0, 0.05) is 17.9 Å². The second-order valence-electron chi connectivity index (χ2n) is 4.16. The predicted molar refractivity (Wildman–Crippen MR) is 65.9 cm³/mol. The molecule has 0 radical (unpaired) electrons. The van der Waals surface area contributed by atoms with Crippen LogP contribution in [0.1, 0.15) is 35.4 Å². The third kappa shape index (κ3) is 2.17. The highest BCUT2D eigenvalue weighted by atomic mass is 79.9. The zero-order chi connectivity index (χ0) is 11.5. The van der Waals surface area contributed by atoms with Gasteiger partial charge < -0.3 is 9.32 Å². The van der Waals surface area contributed by atoms with Crippen LogP contribution >= 0.6 is 15.9 Å². The number of furan rings is 1. The van der Waals surface area contributed by atoms with Crippen molar-refractivity contribution in [1.82, 2.24) is 4.90 Å². The summed E-state index contributed by atoms with van der Waals surface area (Å²) in [5, 5.41) is 0.826. The van der Waals surface area contributed by atoms with E-state index in [0.717, 1.165) is 24.7 Å². The van der Waals surface area contributed by atoms with Crippen LogP contribution in [0.5, 0.6) is 0 Å². The van der Waals surface area contributed by atoms with Crippen LogP contribution in [0, 0.1) is 6.92 Å². The molecule has 1 heterocycles. The molecule has 0 N–H and O–H groups in total. The summed E-state index contributed by atoms with van der Waals surface area (Å²) in [6.07, 6.45) is 5.09. The molecule has 0 saturated heterocycles. The number of alkyl halides is 1. The Morgan fingerprint density at radius 1 is 1.62 bits per heavy atom. The number of hydrogen-bond acceptors (Lipinski definition) is 2. The summed E-state index contributed by atoms with van der Waals surface area (Å²) in [6.45, 7) is 2.61. The molecule has 1 amide bonds. The molecule has 16 heavy (non-hydrogen) atoms. The smallest absolute Gasteiger partial charge is 0.257 e. The van der Waals surface area contributed by atoms with Gasteiger partial charge in [0.2, 0.25) is 0 Å². The van der Waals surface area contributed by atoms with Crippen LogP contribution < -0.4 is 0 Å². The van der Waals surface area contributed by atoms with Crippen molar-refractivity contribution in [2.24, 2.45) is 0 Å². The van der Waals surface area contributed by atoms with Gasteiger partial charge in [0.1, 0.15) is 5.76 Å². The predicted octanol–water partition coefficient (Wildman–Crippen LogP) is 2.98. The van der Waals surface area contributed by atoms with E-state index in [1.165, 1.54) is 6.42 Å². The quantitative estimate of drug-likeness (QED) is 0.797. The molecule has 1 aromatic rings. The number of aryl methyl sites for hydroxylation is 1. The van der Waals surface area contributed by atoms with Gasteiger partial charge in [-0.25, -0.2) is 0 Å². The highest BCUT2D eigenvalue weighted by Crippen LogP contribution is 2.27. The minimum absolute atomic E-state index is 0.107. The average molecular weight is 286 g/mol. The molecular weight excluding hydrogens is 270 g/mol.